The van der Waals surface area contributed by atoms with Gasteiger partial charge in [-0.2, -0.15) is 0 Å². The van der Waals surface area contributed by atoms with Crippen molar-refractivity contribution in [2.24, 2.45) is 0 Å². The number of aromatic hydroxyl groups is 1. The Balaban J connectivity index is 1.81. The number of carbonyl (C=O) groups is 2. The van der Waals surface area contributed by atoms with Crippen molar-refractivity contribution in [1.82, 2.24) is 4.90 Å². The van der Waals surface area contributed by atoms with Gasteiger partial charge >= 0.3 is 5.97 Å². The SMILES string of the molecule is CCOC(=O)C(C)(C)Oc1c(C)cc(CN(Cc2ccco2)C(=O)Cc2ccc(O)cc2)cc1C. The Morgan fingerprint density at radius 3 is 2.23 bits per heavy atom. The Labute approximate surface area is 206 Å². The molecule has 1 amide bonds. The number of nitrogens with zero attached hydrogens (tertiary/aromatic N) is 1. The lowest BCUT2D eigenvalue weighted by atomic mass is 10.0. The van der Waals surface area contributed by atoms with Gasteiger partial charge in [0.05, 0.1) is 25.8 Å². The van der Waals surface area contributed by atoms with Gasteiger partial charge < -0.3 is 23.9 Å². The second kappa shape index (κ2) is 11.1. The highest BCUT2D eigenvalue weighted by atomic mass is 16.6. The zero-order valence-electron chi connectivity index (χ0n) is 21.0. The van der Waals surface area contributed by atoms with E-state index in [0.29, 0.717) is 24.6 Å². The number of rotatable bonds is 10. The molecule has 0 aliphatic heterocycles. The van der Waals surface area contributed by atoms with Crippen LogP contribution in [0.1, 0.15) is 48.8 Å². The van der Waals surface area contributed by atoms with Gasteiger partial charge in [-0.3, -0.25) is 4.79 Å². The molecule has 7 heteroatoms. The van der Waals surface area contributed by atoms with E-state index in [9.17, 15) is 14.7 Å². The first-order chi connectivity index (χ1) is 16.6. The van der Waals surface area contributed by atoms with Gasteiger partial charge in [0.15, 0.2) is 5.60 Å². The van der Waals surface area contributed by atoms with Crippen molar-refractivity contribution in [3.8, 4) is 11.5 Å². The number of aryl methyl sites for hydroxylation is 2. The maximum atomic E-state index is 13.2. The Bertz CT molecular complexity index is 1130. The third-order valence-electron chi connectivity index (χ3n) is 5.59. The van der Waals surface area contributed by atoms with Gasteiger partial charge in [-0.25, -0.2) is 4.79 Å². The molecule has 1 heterocycles. The maximum Gasteiger partial charge on any atom is 0.349 e. The van der Waals surface area contributed by atoms with Gasteiger partial charge in [0.1, 0.15) is 17.3 Å². The van der Waals surface area contributed by atoms with E-state index in [1.54, 1.807) is 62.3 Å². The molecule has 2 aromatic carbocycles. The van der Waals surface area contributed by atoms with Crippen molar-refractivity contribution in [1.29, 1.82) is 0 Å². The molecule has 1 N–H and O–H groups in total. The van der Waals surface area contributed by atoms with E-state index in [0.717, 1.165) is 22.3 Å². The molecule has 0 aliphatic carbocycles. The lowest BCUT2D eigenvalue weighted by molar-refractivity contribution is -0.158. The van der Waals surface area contributed by atoms with Crippen LogP contribution in [0.4, 0.5) is 0 Å². The lowest BCUT2D eigenvalue weighted by Crippen LogP contribution is -2.40. The number of hydrogen-bond donors (Lipinski definition) is 1. The fourth-order valence-electron chi connectivity index (χ4n) is 3.84. The quantitative estimate of drug-likeness (QED) is 0.407. The molecule has 0 unspecified atom stereocenters. The van der Waals surface area contributed by atoms with E-state index in [4.69, 9.17) is 13.9 Å². The van der Waals surface area contributed by atoms with Crippen LogP contribution in [-0.4, -0.2) is 34.1 Å². The first kappa shape index (κ1) is 25.9. The highest BCUT2D eigenvalue weighted by molar-refractivity contribution is 5.79. The van der Waals surface area contributed by atoms with Crippen LogP contribution in [0, 0.1) is 13.8 Å². The van der Waals surface area contributed by atoms with Crippen LogP contribution in [0.5, 0.6) is 11.5 Å². The molecule has 1 aromatic heterocycles. The monoisotopic (exact) mass is 479 g/mol. The molecule has 0 saturated carbocycles. The second-order valence-corrected chi connectivity index (χ2v) is 9.06. The summed E-state index contributed by atoms with van der Waals surface area (Å²) in [5, 5.41) is 9.52. The number of amides is 1. The summed E-state index contributed by atoms with van der Waals surface area (Å²) in [4.78, 5) is 27.3. The molecular formula is C28H33NO6. The van der Waals surface area contributed by atoms with Crippen molar-refractivity contribution < 1.29 is 28.6 Å². The van der Waals surface area contributed by atoms with Crippen LogP contribution in [0.25, 0.3) is 0 Å². The first-order valence-electron chi connectivity index (χ1n) is 11.6. The van der Waals surface area contributed by atoms with Crippen molar-refractivity contribution in [3.63, 3.8) is 0 Å². The molecule has 3 aromatic rings. The van der Waals surface area contributed by atoms with Crippen LogP contribution in [-0.2, 0) is 33.8 Å². The summed E-state index contributed by atoms with van der Waals surface area (Å²) in [6.07, 6.45) is 1.79. The Morgan fingerprint density at radius 2 is 1.66 bits per heavy atom. The molecule has 0 aliphatic rings. The standard InChI is InChI=1S/C28H33NO6/c1-6-33-27(32)28(4,5)35-26-19(2)14-22(15-20(26)3)17-29(18-24-8-7-13-34-24)25(31)16-21-9-11-23(30)12-10-21/h7-15,30H,6,16-18H2,1-5H3. The molecule has 0 radical (unpaired) electrons. The number of carbonyl (C=O) groups excluding carboxylic acids is 2. The molecule has 3 rings (SSSR count). The zero-order chi connectivity index (χ0) is 25.6. The predicted molar refractivity (Wildman–Crippen MR) is 132 cm³/mol. The van der Waals surface area contributed by atoms with Gasteiger partial charge in [0, 0.05) is 6.54 Å². The zero-order valence-corrected chi connectivity index (χ0v) is 21.0. The van der Waals surface area contributed by atoms with E-state index in [1.165, 1.54) is 0 Å². The minimum atomic E-state index is -1.13. The van der Waals surface area contributed by atoms with Crippen LogP contribution in [0.3, 0.4) is 0 Å². The predicted octanol–water partition coefficient (Wildman–Crippen LogP) is 5.09. The summed E-state index contributed by atoms with van der Waals surface area (Å²) in [5.74, 6) is 0.986. The van der Waals surface area contributed by atoms with Gasteiger partial charge in [-0.15, -0.1) is 0 Å². The summed E-state index contributed by atoms with van der Waals surface area (Å²) in [7, 11) is 0. The molecule has 186 valence electrons. The molecule has 0 atom stereocenters. The smallest absolute Gasteiger partial charge is 0.349 e. The fourth-order valence-corrected chi connectivity index (χ4v) is 3.84. The second-order valence-electron chi connectivity index (χ2n) is 9.06. The van der Waals surface area contributed by atoms with Crippen molar-refractivity contribution in [2.75, 3.05) is 6.61 Å². The van der Waals surface area contributed by atoms with Gasteiger partial charge in [0.2, 0.25) is 5.91 Å². The molecule has 7 nitrogen and oxygen atoms in total. The number of phenolic OH excluding ortho intramolecular Hbond substituents is 1. The summed E-state index contributed by atoms with van der Waals surface area (Å²) < 4.78 is 16.7. The summed E-state index contributed by atoms with van der Waals surface area (Å²) in [5.41, 5.74) is 2.35. The fraction of sp³-hybridized carbons (Fsp3) is 0.357. The molecule has 0 saturated heterocycles. The van der Waals surface area contributed by atoms with E-state index in [1.807, 2.05) is 32.0 Å². The Kier molecular flexibility index (Phi) is 8.22. The van der Waals surface area contributed by atoms with E-state index in [2.05, 4.69) is 0 Å². The van der Waals surface area contributed by atoms with Crippen molar-refractivity contribution in [2.45, 2.75) is 59.7 Å². The first-order valence-corrected chi connectivity index (χ1v) is 11.6. The number of hydrogen-bond acceptors (Lipinski definition) is 6. The van der Waals surface area contributed by atoms with Gasteiger partial charge in [-0.05, 0) is 81.1 Å². The summed E-state index contributed by atoms with van der Waals surface area (Å²) in [6, 6.07) is 14.2. The minimum absolute atomic E-state index is 0.0637. The maximum absolute atomic E-state index is 13.2. The van der Waals surface area contributed by atoms with E-state index < -0.39 is 11.6 Å². The Morgan fingerprint density at radius 1 is 1.00 bits per heavy atom. The minimum Gasteiger partial charge on any atom is -0.508 e. The lowest BCUT2D eigenvalue weighted by Gasteiger charge is -2.27. The van der Waals surface area contributed by atoms with Crippen LogP contribution in [0.2, 0.25) is 0 Å². The number of benzene rings is 2. The van der Waals surface area contributed by atoms with Gasteiger partial charge in [0.25, 0.3) is 0 Å². The number of furan rings is 1. The Hall–Kier alpha value is -3.74. The van der Waals surface area contributed by atoms with Crippen LogP contribution in [0.15, 0.2) is 59.2 Å². The molecule has 0 bridgehead atoms. The largest absolute Gasteiger partial charge is 0.508 e. The third-order valence-corrected chi connectivity index (χ3v) is 5.59. The average Bonchev–Trinajstić information content (AvgIpc) is 3.31. The number of ether oxygens (including phenoxy) is 2. The molecule has 0 spiro atoms. The molecule has 35 heavy (non-hydrogen) atoms. The summed E-state index contributed by atoms with van der Waals surface area (Å²) in [6.45, 7) is 9.96. The van der Waals surface area contributed by atoms with Crippen LogP contribution < -0.4 is 4.74 Å². The average molecular weight is 480 g/mol. The number of phenols is 1. The molecule has 0 fully saturated rings. The topological polar surface area (TPSA) is 89.2 Å². The van der Waals surface area contributed by atoms with Crippen molar-refractivity contribution >= 4 is 11.9 Å². The summed E-state index contributed by atoms with van der Waals surface area (Å²) >= 11 is 0. The van der Waals surface area contributed by atoms with Crippen LogP contribution >= 0.6 is 0 Å². The molecular weight excluding hydrogens is 446 g/mol. The van der Waals surface area contributed by atoms with Gasteiger partial charge in [-0.1, -0.05) is 24.3 Å². The van der Waals surface area contributed by atoms with E-state index >= 15 is 0 Å². The van der Waals surface area contributed by atoms with E-state index in [-0.39, 0.29) is 24.7 Å². The highest BCUT2D eigenvalue weighted by Crippen LogP contribution is 2.30. The van der Waals surface area contributed by atoms with Crippen molar-refractivity contribution in [3.05, 3.63) is 82.8 Å². The number of esters is 1. The highest BCUT2D eigenvalue weighted by Gasteiger charge is 2.32. The normalized spacial score (nSPS) is 11.2. The third kappa shape index (κ3) is 6.88.